The van der Waals surface area contributed by atoms with Gasteiger partial charge in [-0.2, -0.15) is 18.3 Å². The summed E-state index contributed by atoms with van der Waals surface area (Å²) in [6.07, 6.45) is -3.01. The first kappa shape index (κ1) is 19.5. The topological polar surface area (TPSA) is 35.6 Å². The van der Waals surface area contributed by atoms with Gasteiger partial charge in [-0.05, 0) is 48.9 Å². The first-order chi connectivity index (χ1) is 13.8. The van der Waals surface area contributed by atoms with Crippen molar-refractivity contribution in [3.05, 3.63) is 76.8 Å². The van der Waals surface area contributed by atoms with E-state index in [2.05, 4.69) is 10.1 Å². The van der Waals surface area contributed by atoms with E-state index in [1.807, 2.05) is 35.8 Å². The third-order valence-corrected chi connectivity index (χ3v) is 4.96. The van der Waals surface area contributed by atoms with E-state index in [0.717, 1.165) is 22.7 Å². The van der Waals surface area contributed by atoms with Crippen molar-refractivity contribution < 1.29 is 13.2 Å². The standard InChI is InChI=1S/C21H18ClF3N4/c1-2-28-19-7-6-14(13-21(23,24)25)10-18(19)27-20(28)12-17-8-9-26-29(17)16-5-3-4-15(22)11-16/h3-11H,2,12-13H2,1H3. The SMILES string of the molecule is CCn1c(Cc2ccnn2-c2cccc(Cl)c2)nc2cc(CC(F)(F)F)ccc21. The lowest BCUT2D eigenvalue weighted by Crippen LogP contribution is -2.11. The zero-order chi connectivity index (χ0) is 20.6. The van der Waals surface area contributed by atoms with E-state index in [-0.39, 0.29) is 5.56 Å². The third kappa shape index (κ3) is 4.15. The molecule has 0 bridgehead atoms. The van der Waals surface area contributed by atoms with E-state index in [0.29, 0.717) is 23.5 Å². The fraction of sp³-hybridized carbons (Fsp3) is 0.238. The molecule has 0 aliphatic heterocycles. The van der Waals surface area contributed by atoms with Crippen molar-refractivity contribution in [2.24, 2.45) is 0 Å². The van der Waals surface area contributed by atoms with Crippen molar-refractivity contribution in [3.8, 4) is 5.69 Å². The van der Waals surface area contributed by atoms with Crippen molar-refractivity contribution >= 4 is 22.6 Å². The van der Waals surface area contributed by atoms with Crippen molar-refractivity contribution in [1.82, 2.24) is 19.3 Å². The lowest BCUT2D eigenvalue weighted by molar-refractivity contribution is -0.127. The van der Waals surface area contributed by atoms with E-state index in [4.69, 9.17) is 11.6 Å². The Morgan fingerprint density at radius 3 is 2.62 bits per heavy atom. The number of halogens is 4. The summed E-state index contributed by atoms with van der Waals surface area (Å²) < 4.78 is 42.0. The normalized spacial score (nSPS) is 12.0. The van der Waals surface area contributed by atoms with Crippen LogP contribution in [0.15, 0.2) is 54.7 Å². The quantitative estimate of drug-likeness (QED) is 0.423. The van der Waals surface area contributed by atoms with Crippen molar-refractivity contribution in [2.45, 2.75) is 32.5 Å². The minimum absolute atomic E-state index is 0.210. The zero-order valence-corrected chi connectivity index (χ0v) is 16.4. The molecule has 0 unspecified atom stereocenters. The Morgan fingerprint density at radius 1 is 1.07 bits per heavy atom. The van der Waals surface area contributed by atoms with Gasteiger partial charge in [0.1, 0.15) is 5.82 Å². The number of hydrogen-bond acceptors (Lipinski definition) is 2. The molecule has 0 amide bonds. The number of fused-ring (bicyclic) bond motifs is 1. The summed E-state index contributed by atoms with van der Waals surface area (Å²) in [5, 5.41) is 5.00. The van der Waals surface area contributed by atoms with E-state index in [9.17, 15) is 13.2 Å². The molecule has 0 saturated heterocycles. The highest BCUT2D eigenvalue weighted by Gasteiger charge is 2.28. The first-order valence-corrected chi connectivity index (χ1v) is 9.55. The molecule has 4 nitrogen and oxygen atoms in total. The Bertz CT molecular complexity index is 1160. The van der Waals surface area contributed by atoms with Crippen molar-refractivity contribution in [3.63, 3.8) is 0 Å². The number of benzene rings is 2. The summed E-state index contributed by atoms with van der Waals surface area (Å²) in [7, 11) is 0. The van der Waals surface area contributed by atoms with Crippen molar-refractivity contribution in [1.29, 1.82) is 0 Å². The summed E-state index contributed by atoms with van der Waals surface area (Å²) >= 11 is 6.10. The molecule has 29 heavy (non-hydrogen) atoms. The minimum Gasteiger partial charge on any atom is -0.328 e. The van der Waals surface area contributed by atoms with Crippen LogP contribution in [0.25, 0.3) is 16.7 Å². The molecular weight excluding hydrogens is 401 g/mol. The molecule has 4 rings (SSSR count). The van der Waals surface area contributed by atoms with Gasteiger partial charge in [-0.25, -0.2) is 9.67 Å². The Balaban J connectivity index is 1.71. The van der Waals surface area contributed by atoms with Crippen LogP contribution in [0.2, 0.25) is 5.02 Å². The molecule has 150 valence electrons. The number of hydrogen-bond donors (Lipinski definition) is 0. The fourth-order valence-corrected chi connectivity index (χ4v) is 3.71. The predicted octanol–water partition coefficient (Wildman–Crippen LogP) is 5.59. The van der Waals surface area contributed by atoms with Gasteiger partial charge in [0.05, 0.1) is 28.8 Å². The summed E-state index contributed by atoms with van der Waals surface area (Å²) in [6.45, 7) is 2.65. The third-order valence-electron chi connectivity index (χ3n) is 4.73. The Hall–Kier alpha value is -2.80. The maximum atomic E-state index is 12.7. The van der Waals surface area contributed by atoms with Crippen LogP contribution >= 0.6 is 11.6 Å². The van der Waals surface area contributed by atoms with Crippen LogP contribution in [0.3, 0.4) is 0 Å². The molecule has 2 aromatic carbocycles. The largest absolute Gasteiger partial charge is 0.393 e. The lowest BCUT2D eigenvalue weighted by Gasteiger charge is -2.10. The number of nitrogens with zero attached hydrogens (tertiary/aromatic N) is 4. The van der Waals surface area contributed by atoms with Gasteiger partial charge in [0.15, 0.2) is 0 Å². The summed E-state index contributed by atoms with van der Waals surface area (Å²) in [5.74, 6) is 0.774. The van der Waals surface area contributed by atoms with Gasteiger partial charge in [-0.3, -0.25) is 0 Å². The molecule has 0 saturated carbocycles. The maximum absolute atomic E-state index is 12.7. The van der Waals surface area contributed by atoms with Gasteiger partial charge >= 0.3 is 6.18 Å². The molecule has 0 spiro atoms. The molecular formula is C21H18ClF3N4. The molecule has 0 atom stereocenters. The fourth-order valence-electron chi connectivity index (χ4n) is 3.52. The average molecular weight is 419 g/mol. The van der Waals surface area contributed by atoms with Gasteiger partial charge in [0, 0.05) is 24.2 Å². The van der Waals surface area contributed by atoms with Crippen LogP contribution in [0.4, 0.5) is 13.2 Å². The summed E-state index contributed by atoms with van der Waals surface area (Å²) in [5.41, 5.74) is 3.35. The van der Waals surface area contributed by atoms with E-state index in [1.165, 1.54) is 12.1 Å². The second-order valence-electron chi connectivity index (χ2n) is 6.78. The number of alkyl halides is 3. The number of aromatic nitrogens is 4. The Labute approximate surface area is 170 Å². The van der Waals surface area contributed by atoms with Crippen LogP contribution in [-0.4, -0.2) is 25.5 Å². The molecule has 0 aliphatic rings. The number of imidazole rings is 1. The Morgan fingerprint density at radius 2 is 1.90 bits per heavy atom. The van der Waals surface area contributed by atoms with Gasteiger partial charge in [-0.15, -0.1) is 0 Å². The van der Waals surface area contributed by atoms with Crippen LogP contribution in [0.1, 0.15) is 24.0 Å². The highest BCUT2D eigenvalue weighted by atomic mass is 35.5. The second-order valence-corrected chi connectivity index (χ2v) is 7.21. The highest BCUT2D eigenvalue weighted by Crippen LogP contribution is 2.26. The van der Waals surface area contributed by atoms with E-state index in [1.54, 1.807) is 23.0 Å². The highest BCUT2D eigenvalue weighted by molar-refractivity contribution is 6.30. The Kier molecular flexibility index (Phi) is 5.08. The van der Waals surface area contributed by atoms with E-state index >= 15 is 0 Å². The molecule has 2 heterocycles. The van der Waals surface area contributed by atoms with Gasteiger partial charge in [0.2, 0.25) is 0 Å². The number of rotatable bonds is 5. The monoisotopic (exact) mass is 418 g/mol. The average Bonchev–Trinajstić information content (AvgIpc) is 3.24. The van der Waals surface area contributed by atoms with Crippen LogP contribution in [-0.2, 0) is 19.4 Å². The summed E-state index contributed by atoms with van der Waals surface area (Å²) in [6, 6.07) is 14.0. The second kappa shape index (κ2) is 7.55. The van der Waals surface area contributed by atoms with Crippen LogP contribution in [0.5, 0.6) is 0 Å². The van der Waals surface area contributed by atoms with Crippen LogP contribution in [0, 0.1) is 0 Å². The van der Waals surface area contributed by atoms with E-state index < -0.39 is 12.6 Å². The zero-order valence-electron chi connectivity index (χ0n) is 15.6. The predicted molar refractivity (Wildman–Crippen MR) is 107 cm³/mol. The molecule has 2 aromatic heterocycles. The first-order valence-electron chi connectivity index (χ1n) is 9.17. The number of aryl methyl sites for hydroxylation is 1. The minimum atomic E-state index is -4.24. The van der Waals surface area contributed by atoms with Crippen LogP contribution < -0.4 is 0 Å². The lowest BCUT2D eigenvalue weighted by atomic mass is 10.1. The van der Waals surface area contributed by atoms with Crippen molar-refractivity contribution in [2.75, 3.05) is 0 Å². The summed E-state index contributed by atoms with van der Waals surface area (Å²) in [4.78, 5) is 4.63. The molecule has 0 aliphatic carbocycles. The molecule has 0 N–H and O–H groups in total. The maximum Gasteiger partial charge on any atom is 0.393 e. The smallest absolute Gasteiger partial charge is 0.328 e. The molecule has 0 fully saturated rings. The molecule has 8 heteroatoms. The molecule has 0 radical (unpaired) electrons. The van der Waals surface area contributed by atoms with Gasteiger partial charge in [0.25, 0.3) is 0 Å². The molecule has 4 aromatic rings. The van der Waals surface area contributed by atoms with Gasteiger partial charge < -0.3 is 4.57 Å². The van der Waals surface area contributed by atoms with Gasteiger partial charge in [-0.1, -0.05) is 23.7 Å².